The van der Waals surface area contributed by atoms with Crippen LogP contribution in [-0.4, -0.2) is 18.5 Å². The van der Waals surface area contributed by atoms with Crippen LogP contribution in [0, 0.1) is 5.82 Å². The Bertz CT molecular complexity index is 431. The lowest BCUT2D eigenvalue weighted by Crippen LogP contribution is -2.15. The Morgan fingerprint density at radius 1 is 1.39 bits per heavy atom. The fourth-order valence-electron chi connectivity index (χ4n) is 1.27. The molecular formula is C12H13ClFNO3. The van der Waals surface area contributed by atoms with Crippen molar-refractivity contribution in [1.82, 2.24) is 0 Å². The van der Waals surface area contributed by atoms with Crippen molar-refractivity contribution in [2.24, 2.45) is 0 Å². The van der Waals surface area contributed by atoms with Crippen LogP contribution in [0.4, 0.5) is 10.1 Å². The summed E-state index contributed by atoms with van der Waals surface area (Å²) >= 11 is 5.74. The predicted molar refractivity (Wildman–Crippen MR) is 65.9 cm³/mol. The lowest BCUT2D eigenvalue weighted by Gasteiger charge is -2.07. The van der Waals surface area contributed by atoms with Gasteiger partial charge in [0.15, 0.2) is 0 Å². The van der Waals surface area contributed by atoms with E-state index in [1.54, 1.807) is 6.92 Å². The Labute approximate surface area is 109 Å². The smallest absolute Gasteiger partial charge is 0.306 e. The van der Waals surface area contributed by atoms with Crippen LogP contribution < -0.4 is 5.32 Å². The molecule has 0 aliphatic carbocycles. The van der Waals surface area contributed by atoms with Crippen LogP contribution in [0.3, 0.4) is 0 Å². The minimum Gasteiger partial charge on any atom is -0.466 e. The van der Waals surface area contributed by atoms with Gasteiger partial charge < -0.3 is 10.1 Å². The first-order valence-corrected chi connectivity index (χ1v) is 5.82. The number of ether oxygens (including phenoxy) is 1. The molecule has 0 heterocycles. The van der Waals surface area contributed by atoms with Gasteiger partial charge >= 0.3 is 5.97 Å². The fraction of sp³-hybridized carbons (Fsp3) is 0.333. The molecule has 0 saturated heterocycles. The summed E-state index contributed by atoms with van der Waals surface area (Å²) in [4.78, 5) is 22.5. The van der Waals surface area contributed by atoms with Crippen LogP contribution in [0.1, 0.15) is 19.8 Å². The van der Waals surface area contributed by atoms with Crippen molar-refractivity contribution in [3.05, 3.63) is 29.0 Å². The van der Waals surface area contributed by atoms with Crippen LogP contribution in [0.5, 0.6) is 0 Å². The molecule has 0 radical (unpaired) electrons. The molecule has 0 fully saturated rings. The quantitative estimate of drug-likeness (QED) is 0.839. The average Bonchev–Trinajstić information content (AvgIpc) is 2.32. The number of esters is 1. The Hall–Kier alpha value is -1.62. The summed E-state index contributed by atoms with van der Waals surface area (Å²) in [5.41, 5.74) is -0.0759. The van der Waals surface area contributed by atoms with Crippen LogP contribution in [0.2, 0.25) is 5.02 Å². The summed E-state index contributed by atoms with van der Waals surface area (Å²) in [6.07, 6.45) is -0.130. The summed E-state index contributed by atoms with van der Waals surface area (Å²) in [5, 5.41) is 2.43. The summed E-state index contributed by atoms with van der Waals surface area (Å²) in [6.45, 7) is 1.94. The maximum atomic E-state index is 13.3. The average molecular weight is 274 g/mol. The molecule has 6 heteroatoms. The van der Waals surface area contributed by atoms with Gasteiger partial charge in [0.2, 0.25) is 5.91 Å². The normalized spacial score (nSPS) is 9.94. The Morgan fingerprint density at radius 2 is 2.11 bits per heavy atom. The first-order valence-electron chi connectivity index (χ1n) is 5.44. The zero-order valence-electron chi connectivity index (χ0n) is 9.83. The predicted octanol–water partition coefficient (Wildman–Crippen LogP) is 2.76. The fourth-order valence-corrected chi connectivity index (χ4v) is 1.48. The highest BCUT2D eigenvalue weighted by Gasteiger charge is 2.12. The number of amides is 1. The van der Waals surface area contributed by atoms with E-state index in [4.69, 9.17) is 11.6 Å². The van der Waals surface area contributed by atoms with Gasteiger partial charge in [-0.25, -0.2) is 4.39 Å². The number of carbonyl (C=O) groups is 2. The SMILES string of the molecule is CCOC(=O)CCC(=O)Nc1c(F)cccc1Cl. The standard InChI is InChI=1S/C12H13ClFNO3/c1-2-18-11(17)7-6-10(16)15-12-8(13)4-3-5-9(12)14/h3-5H,2,6-7H2,1H3,(H,15,16). The Balaban J connectivity index is 2.52. The number of rotatable bonds is 5. The lowest BCUT2D eigenvalue weighted by atomic mass is 10.2. The van der Waals surface area contributed by atoms with Gasteiger partial charge in [0.1, 0.15) is 5.82 Å². The molecule has 98 valence electrons. The number of halogens is 2. The molecule has 0 aliphatic rings. The van der Waals surface area contributed by atoms with Gasteiger partial charge in [-0.05, 0) is 19.1 Å². The van der Waals surface area contributed by atoms with Crippen molar-refractivity contribution < 1.29 is 18.7 Å². The van der Waals surface area contributed by atoms with Crippen LogP contribution in [0.15, 0.2) is 18.2 Å². The topological polar surface area (TPSA) is 55.4 Å². The second kappa shape index (κ2) is 6.96. The van der Waals surface area contributed by atoms with E-state index < -0.39 is 17.7 Å². The molecule has 0 atom stereocenters. The number of hydrogen-bond acceptors (Lipinski definition) is 3. The van der Waals surface area contributed by atoms with Crippen molar-refractivity contribution in [2.45, 2.75) is 19.8 Å². The van der Waals surface area contributed by atoms with Gasteiger partial charge in [-0.3, -0.25) is 9.59 Å². The van der Waals surface area contributed by atoms with E-state index >= 15 is 0 Å². The largest absolute Gasteiger partial charge is 0.466 e. The molecule has 18 heavy (non-hydrogen) atoms. The summed E-state index contributed by atoms with van der Waals surface area (Å²) in [7, 11) is 0. The number of hydrogen-bond donors (Lipinski definition) is 1. The van der Waals surface area contributed by atoms with Crippen LogP contribution >= 0.6 is 11.6 Å². The zero-order valence-corrected chi connectivity index (χ0v) is 10.6. The first kappa shape index (κ1) is 14.4. The van der Waals surface area contributed by atoms with Crippen LogP contribution in [-0.2, 0) is 14.3 Å². The maximum Gasteiger partial charge on any atom is 0.306 e. The molecule has 0 saturated carbocycles. The van der Waals surface area contributed by atoms with E-state index in [1.807, 2.05) is 0 Å². The number of carbonyl (C=O) groups excluding carboxylic acids is 2. The van der Waals surface area contributed by atoms with E-state index in [2.05, 4.69) is 10.1 Å². The first-order chi connectivity index (χ1) is 8.54. The second-order valence-electron chi connectivity index (χ2n) is 3.45. The molecule has 0 aliphatic heterocycles. The highest BCUT2D eigenvalue weighted by molar-refractivity contribution is 6.33. The second-order valence-corrected chi connectivity index (χ2v) is 3.86. The molecular weight excluding hydrogens is 261 g/mol. The highest BCUT2D eigenvalue weighted by atomic mass is 35.5. The van der Waals surface area contributed by atoms with Crippen molar-refractivity contribution in [1.29, 1.82) is 0 Å². The summed E-state index contributed by atoms with van der Waals surface area (Å²) in [5.74, 6) is -1.57. The number of benzene rings is 1. The third-order valence-electron chi connectivity index (χ3n) is 2.09. The van der Waals surface area contributed by atoms with E-state index in [-0.39, 0.29) is 30.2 Å². The van der Waals surface area contributed by atoms with E-state index in [9.17, 15) is 14.0 Å². The maximum absolute atomic E-state index is 13.3. The van der Waals surface area contributed by atoms with Gasteiger partial charge in [-0.2, -0.15) is 0 Å². The molecule has 1 amide bonds. The molecule has 1 aromatic carbocycles. The van der Waals surface area contributed by atoms with E-state index in [1.165, 1.54) is 18.2 Å². The van der Waals surface area contributed by atoms with E-state index in [0.717, 1.165) is 0 Å². The molecule has 1 N–H and O–H groups in total. The summed E-state index contributed by atoms with van der Waals surface area (Å²) < 4.78 is 18.0. The molecule has 0 unspecified atom stereocenters. The van der Waals surface area contributed by atoms with Crippen LogP contribution in [0.25, 0.3) is 0 Å². The molecule has 0 bridgehead atoms. The zero-order chi connectivity index (χ0) is 13.5. The molecule has 1 aromatic rings. The minimum atomic E-state index is -0.619. The molecule has 1 rings (SSSR count). The van der Waals surface area contributed by atoms with Crippen molar-refractivity contribution in [3.63, 3.8) is 0 Å². The third-order valence-corrected chi connectivity index (χ3v) is 2.40. The molecule has 0 aromatic heterocycles. The monoisotopic (exact) mass is 273 g/mol. The van der Waals surface area contributed by atoms with Crippen molar-refractivity contribution in [2.75, 3.05) is 11.9 Å². The number of nitrogens with one attached hydrogen (secondary N) is 1. The van der Waals surface area contributed by atoms with Crippen molar-refractivity contribution in [3.8, 4) is 0 Å². The van der Waals surface area contributed by atoms with E-state index in [0.29, 0.717) is 0 Å². The minimum absolute atomic E-state index is 0.0499. The summed E-state index contributed by atoms with van der Waals surface area (Å²) in [6, 6.07) is 4.09. The number of anilines is 1. The highest BCUT2D eigenvalue weighted by Crippen LogP contribution is 2.24. The van der Waals surface area contributed by atoms with Gasteiger partial charge in [0.25, 0.3) is 0 Å². The molecule has 0 spiro atoms. The Morgan fingerprint density at radius 3 is 2.72 bits per heavy atom. The Kier molecular flexibility index (Phi) is 5.58. The number of para-hydroxylation sites is 1. The van der Waals surface area contributed by atoms with Gasteiger partial charge in [0.05, 0.1) is 23.7 Å². The van der Waals surface area contributed by atoms with Gasteiger partial charge in [0, 0.05) is 6.42 Å². The third kappa shape index (κ3) is 4.33. The lowest BCUT2D eigenvalue weighted by molar-refractivity contribution is -0.144. The molecule has 4 nitrogen and oxygen atoms in total. The van der Waals surface area contributed by atoms with Gasteiger partial charge in [-0.1, -0.05) is 17.7 Å². The van der Waals surface area contributed by atoms with Gasteiger partial charge in [-0.15, -0.1) is 0 Å². The van der Waals surface area contributed by atoms with Crippen molar-refractivity contribution >= 4 is 29.2 Å².